The molecule has 1 aliphatic rings. The second-order valence-electron chi connectivity index (χ2n) is 6.97. The maximum Gasteiger partial charge on any atom is 0.237 e. The molecule has 23 heavy (non-hydrogen) atoms. The number of hydrogen-bond acceptors (Lipinski definition) is 4. The number of nitrogens with zero attached hydrogens (tertiary/aromatic N) is 1. The fourth-order valence-electron chi connectivity index (χ4n) is 2.50. The van der Waals surface area contributed by atoms with Crippen LogP contribution in [0.15, 0.2) is 24.3 Å². The molecule has 0 N–H and O–H groups in total. The van der Waals surface area contributed by atoms with Gasteiger partial charge in [-0.15, -0.1) is 0 Å². The molecule has 5 nitrogen and oxygen atoms in total. The number of benzene rings is 1. The molecule has 0 unspecified atom stereocenters. The predicted molar refractivity (Wildman–Crippen MR) is 90.0 cm³/mol. The van der Waals surface area contributed by atoms with Crippen LogP contribution < -0.4 is 0 Å². The number of carbonyl (C=O) groups is 1. The van der Waals surface area contributed by atoms with Gasteiger partial charge in [-0.2, -0.15) is 0 Å². The molecular formula is C17H25NO4S. The zero-order valence-corrected chi connectivity index (χ0v) is 14.9. The summed E-state index contributed by atoms with van der Waals surface area (Å²) in [4.78, 5) is 13.6. The van der Waals surface area contributed by atoms with Crippen molar-refractivity contribution in [3.05, 3.63) is 35.4 Å². The van der Waals surface area contributed by atoms with Gasteiger partial charge in [-0.3, -0.25) is 4.79 Å². The Labute approximate surface area is 138 Å². The Kier molecular flexibility index (Phi) is 5.47. The highest BCUT2D eigenvalue weighted by Crippen LogP contribution is 2.22. The van der Waals surface area contributed by atoms with Crippen LogP contribution in [0, 0.1) is 0 Å². The lowest BCUT2D eigenvalue weighted by Crippen LogP contribution is -2.43. The second kappa shape index (κ2) is 7.01. The number of sulfone groups is 1. The Morgan fingerprint density at radius 1 is 1.13 bits per heavy atom. The summed E-state index contributed by atoms with van der Waals surface area (Å²) < 4.78 is 29.7. The lowest BCUT2D eigenvalue weighted by molar-refractivity contribution is -0.132. The third-order valence-electron chi connectivity index (χ3n) is 3.91. The van der Waals surface area contributed by atoms with Gasteiger partial charge >= 0.3 is 0 Å². The molecule has 1 fully saturated rings. The predicted octanol–water partition coefficient (Wildman–Crippen LogP) is 1.76. The van der Waals surface area contributed by atoms with E-state index in [4.69, 9.17) is 4.74 Å². The van der Waals surface area contributed by atoms with Gasteiger partial charge in [-0.05, 0) is 16.5 Å². The molecule has 0 bridgehead atoms. The molecule has 0 spiro atoms. The Hall–Kier alpha value is -1.40. The first-order valence-corrected chi connectivity index (χ1v) is 9.65. The lowest BCUT2D eigenvalue weighted by atomic mass is 9.87. The van der Waals surface area contributed by atoms with Crippen LogP contribution in [0.1, 0.15) is 31.9 Å². The molecule has 1 aromatic carbocycles. The molecule has 128 valence electrons. The summed E-state index contributed by atoms with van der Waals surface area (Å²) in [6, 6.07) is 7.57. The highest BCUT2D eigenvalue weighted by molar-refractivity contribution is 7.91. The summed E-state index contributed by atoms with van der Waals surface area (Å²) in [5.41, 5.74) is 1.90. The minimum Gasteiger partial charge on any atom is -0.378 e. The van der Waals surface area contributed by atoms with Crippen LogP contribution in [-0.4, -0.2) is 51.3 Å². The maximum atomic E-state index is 12.3. The summed E-state index contributed by atoms with van der Waals surface area (Å²) in [5, 5.41) is 0. The number of ether oxygens (including phenoxy) is 1. The van der Waals surface area contributed by atoms with Crippen molar-refractivity contribution in [2.45, 2.75) is 31.9 Å². The molecule has 0 aromatic heterocycles. The molecule has 0 aliphatic carbocycles. The molecule has 1 amide bonds. The molecule has 0 radical (unpaired) electrons. The molecule has 1 heterocycles. The van der Waals surface area contributed by atoms with Gasteiger partial charge in [0.2, 0.25) is 5.91 Å². The van der Waals surface area contributed by atoms with Crippen LogP contribution in [0.3, 0.4) is 0 Å². The van der Waals surface area contributed by atoms with Crippen molar-refractivity contribution in [2.24, 2.45) is 0 Å². The van der Waals surface area contributed by atoms with Crippen molar-refractivity contribution >= 4 is 15.7 Å². The van der Waals surface area contributed by atoms with Crippen LogP contribution in [0.5, 0.6) is 0 Å². The van der Waals surface area contributed by atoms with Gasteiger partial charge in [-0.1, -0.05) is 45.0 Å². The first-order valence-electron chi connectivity index (χ1n) is 7.83. The van der Waals surface area contributed by atoms with E-state index in [2.05, 4.69) is 20.8 Å². The van der Waals surface area contributed by atoms with Crippen LogP contribution >= 0.6 is 0 Å². The van der Waals surface area contributed by atoms with E-state index >= 15 is 0 Å². The number of hydrogen-bond donors (Lipinski definition) is 0. The molecule has 0 atom stereocenters. The van der Waals surface area contributed by atoms with Gasteiger partial charge < -0.3 is 9.64 Å². The summed E-state index contributed by atoms with van der Waals surface area (Å²) in [6.45, 7) is 8.21. The average Bonchev–Trinajstić information content (AvgIpc) is 2.46. The van der Waals surface area contributed by atoms with Crippen molar-refractivity contribution in [3.8, 4) is 0 Å². The molecule has 1 aromatic rings. The number of rotatable bonds is 4. The van der Waals surface area contributed by atoms with E-state index < -0.39 is 15.6 Å². The van der Waals surface area contributed by atoms with E-state index in [9.17, 15) is 13.2 Å². The van der Waals surface area contributed by atoms with E-state index in [1.54, 1.807) is 4.90 Å². The molecule has 0 saturated carbocycles. The minimum atomic E-state index is -3.46. The Morgan fingerprint density at radius 2 is 1.70 bits per heavy atom. The second-order valence-corrected chi connectivity index (χ2v) is 9.04. The van der Waals surface area contributed by atoms with Gasteiger partial charge in [0.05, 0.1) is 19.0 Å². The summed E-state index contributed by atoms with van der Waals surface area (Å²) in [5.74, 6) is -0.874. The Morgan fingerprint density at radius 3 is 2.22 bits per heavy atom. The highest BCUT2D eigenvalue weighted by atomic mass is 32.2. The highest BCUT2D eigenvalue weighted by Gasteiger charge is 2.24. The van der Waals surface area contributed by atoms with Crippen LogP contribution in [-0.2, 0) is 30.5 Å². The topological polar surface area (TPSA) is 63.7 Å². The molecule has 2 rings (SSSR count). The number of carbonyl (C=O) groups excluding carboxylic acids is 1. The molecule has 1 aliphatic heterocycles. The van der Waals surface area contributed by atoms with Gasteiger partial charge in [0.25, 0.3) is 0 Å². The van der Waals surface area contributed by atoms with Crippen molar-refractivity contribution < 1.29 is 17.9 Å². The fourth-order valence-corrected chi connectivity index (χ4v) is 3.86. The van der Waals surface area contributed by atoms with Crippen molar-refractivity contribution in [1.82, 2.24) is 4.90 Å². The fraction of sp³-hybridized carbons (Fsp3) is 0.588. The van der Waals surface area contributed by atoms with Crippen molar-refractivity contribution in [1.29, 1.82) is 0 Å². The van der Waals surface area contributed by atoms with Gasteiger partial charge in [0.1, 0.15) is 5.75 Å². The van der Waals surface area contributed by atoms with Crippen LogP contribution in [0.4, 0.5) is 0 Å². The summed E-state index contributed by atoms with van der Waals surface area (Å²) >= 11 is 0. The SMILES string of the molecule is CC(C)(C)c1ccc(CS(=O)(=O)CC(=O)N2CCOCC2)cc1. The standard InChI is InChI=1S/C17H25NO4S/c1-17(2,3)15-6-4-14(5-7-15)12-23(20,21)13-16(19)18-8-10-22-11-9-18/h4-7H,8-13H2,1-3H3. The number of morpholine rings is 1. The third kappa shape index (κ3) is 5.32. The van der Waals surface area contributed by atoms with E-state index in [1.165, 1.54) is 0 Å². The van der Waals surface area contributed by atoms with E-state index in [0.29, 0.717) is 31.9 Å². The minimum absolute atomic E-state index is 0.0315. The molecule has 1 saturated heterocycles. The van der Waals surface area contributed by atoms with Crippen molar-refractivity contribution in [2.75, 3.05) is 32.1 Å². The van der Waals surface area contributed by atoms with Gasteiger partial charge in [0, 0.05) is 13.1 Å². The van der Waals surface area contributed by atoms with E-state index in [1.807, 2.05) is 24.3 Å². The normalized spacial score (nSPS) is 16.4. The van der Waals surface area contributed by atoms with Gasteiger partial charge in [0.15, 0.2) is 9.84 Å². The van der Waals surface area contributed by atoms with Gasteiger partial charge in [-0.25, -0.2) is 8.42 Å². The lowest BCUT2D eigenvalue weighted by Gasteiger charge is -2.26. The van der Waals surface area contributed by atoms with Crippen LogP contribution in [0.2, 0.25) is 0 Å². The Balaban J connectivity index is 1.99. The van der Waals surface area contributed by atoms with E-state index in [0.717, 1.165) is 5.56 Å². The largest absolute Gasteiger partial charge is 0.378 e. The quantitative estimate of drug-likeness (QED) is 0.838. The first-order chi connectivity index (χ1) is 10.7. The summed E-state index contributed by atoms with van der Waals surface area (Å²) in [6.07, 6.45) is 0. The monoisotopic (exact) mass is 339 g/mol. The van der Waals surface area contributed by atoms with E-state index in [-0.39, 0.29) is 17.1 Å². The average molecular weight is 339 g/mol. The zero-order chi connectivity index (χ0) is 17.1. The maximum absolute atomic E-state index is 12.3. The third-order valence-corrected chi connectivity index (χ3v) is 5.37. The number of amides is 1. The smallest absolute Gasteiger partial charge is 0.237 e. The Bertz CT molecular complexity index is 638. The van der Waals surface area contributed by atoms with Crippen molar-refractivity contribution in [3.63, 3.8) is 0 Å². The molecular weight excluding hydrogens is 314 g/mol. The van der Waals surface area contributed by atoms with Crippen LogP contribution in [0.25, 0.3) is 0 Å². The summed E-state index contributed by atoms with van der Waals surface area (Å²) in [7, 11) is -3.46. The first kappa shape index (κ1) is 17.9. The molecule has 6 heteroatoms. The zero-order valence-electron chi connectivity index (χ0n) is 14.0.